The summed E-state index contributed by atoms with van der Waals surface area (Å²) in [6.07, 6.45) is 7.05. The van der Waals surface area contributed by atoms with Crippen molar-refractivity contribution in [3.05, 3.63) is 30.1 Å². The summed E-state index contributed by atoms with van der Waals surface area (Å²) >= 11 is 0. The topological polar surface area (TPSA) is 57.3 Å². The first kappa shape index (κ1) is 12.6. The number of hydrogen-bond donors (Lipinski definition) is 2. The number of nitrogens with zero attached hydrogens (tertiary/aromatic N) is 2. The maximum absolute atomic E-state index is 12.3. The fourth-order valence-corrected chi connectivity index (χ4v) is 2.66. The van der Waals surface area contributed by atoms with Gasteiger partial charge in [-0.3, -0.25) is 15.2 Å². The third-order valence-corrected chi connectivity index (χ3v) is 3.94. The van der Waals surface area contributed by atoms with Gasteiger partial charge in [0.1, 0.15) is 6.04 Å². The molecule has 1 aromatic heterocycles. The molecular formula is C14H20N4O. The zero-order chi connectivity index (χ0) is 13.2. The Morgan fingerprint density at radius 1 is 1.47 bits per heavy atom. The van der Waals surface area contributed by atoms with E-state index in [9.17, 15) is 4.79 Å². The van der Waals surface area contributed by atoms with Gasteiger partial charge in [0, 0.05) is 32.0 Å². The van der Waals surface area contributed by atoms with E-state index in [0.717, 1.165) is 17.9 Å². The number of hydrogen-bond acceptors (Lipinski definition) is 4. The van der Waals surface area contributed by atoms with Crippen LogP contribution in [-0.2, 0) is 11.3 Å². The van der Waals surface area contributed by atoms with Crippen LogP contribution in [0.4, 0.5) is 0 Å². The minimum absolute atomic E-state index is 0.0905. The van der Waals surface area contributed by atoms with E-state index in [1.54, 1.807) is 17.3 Å². The van der Waals surface area contributed by atoms with E-state index in [-0.39, 0.29) is 11.9 Å². The van der Waals surface area contributed by atoms with Gasteiger partial charge in [0.25, 0.3) is 0 Å². The molecule has 0 aromatic carbocycles. The van der Waals surface area contributed by atoms with E-state index < -0.39 is 0 Å². The van der Waals surface area contributed by atoms with Crippen molar-refractivity contribution in [2.24, 2.45) is 5.92 Å². The lowest BCUT2D eigenvalue weighted by atomic mass is 10.1. The van der Waals surface area contributed by atoms with Gasteiger partial charge in [0.15, 0.2) is 0 Å². The Balaban J connectivity index is 1.55. The van der Waals surface area contributed by atoms with Gasteiger partial charge in [-0.15, -0.1) is 0 Å². The molecule has 1 aliphatic carbocycles. The molecule has 1 aliphatic heterocycles. The number of amides is 1. The van der Waals surface area contributed by atoms with Gasteiger partial charge < -0.3 is 4.90 Å². The smallest absolute Gasteiger partial charge is 0.241 e. The normalized spacial score (nSPS) is 26.4. The van der Waals surface area contributed by atoms with Gasteiger partial charge in [-0.2, -0.15) is 0 Å². The number of hydrazine groups is 1. The fourth-order valence-electron chi connectivity index (χ4n) is 2.66. The maximum Gasteiger partial charge on any atom is 0.241 e. The number of aromatic nitrogens is 1. The van der Waals surface area contributed by atoms with Crippen molar-refractivity contribution < 1.29 is 4.79 Å². The zero-order valence-electron chi connectivity index (χ0n) is 11.2. The summed E-state index contributed by atoms with van der Waals surface area (Å²) in [7, 11) is 1.85. The molecule has 2 unspecified atom stereocenters. The van der Waals surface area contributed by atoms with Crippen LogP contribution >= 0.6 is 0 Å². The highest BCUT2D eigenvalue weighted by Gasteiger charge is 2.39. The standard InChI is InChI=1S/C14H20N4O/c1-18(9-10-3-2-6-15-8-10)14(19)13-7-12(16-17-13)11-4-5-11/h2-3,6,8,11-13,16-17H,4-5,7,9H2,1H3. The molecule has 3 rings (SSSR count). The highest BCUT2D eigenvalue weighted by Crippen LogP contribution is 2.35. The fraction of sp³-hybridized carbons (Fsp3) is 0.571. The largest absolute Gasteiger partial charge is 0.340 e. The van der Waals surface area contributed by atoms with Crippen LogP contribution in [0.3, 0.4) is 0 Å². The highest BCUT2D eigenvalue weighted by molar-refractivity contribution is 5.82. The summed E-state index contributed by atoms with van der Waals surface area (Å²) in [5.41, 5.74) is 7.45. The van der Waals surface area contributed by atoms with Crippen molar-refractivity contribution in [3.63, 3.8) is 0 Å². The van der Waals surface area contributed by atoms with Crippen molar-refractivity contribution in [2.45, 2.75) is 37.9 Å². The van der Waals surface area contributed by atoms with E-state index in [2.05, 4.69) is 15.8 Å². The number of rotatable bonds is 4. The van der Waals surface area contributed by atoms with Crippen molar-refractivity contribution in [2.75, 3.05) is 7.05 Å². The lowest BCUT2D eigenvalue weighted by Crippen LogP contribution is -2.44. The van der Waals surface area contributed by atoms with Crippen LogP contribution in [0.2, 0.25) is 0 Å². The third kappa shape index (κ3) is 2.93. The Morgan fingerprint density at radius 3 is 3.00 bits per heavy atom. The van der Waals surface area contributed by atoms with Gasteiger partial charge in [-0.25, -0.2) is 5.43 Å². The second-order valence-electron chi connectivity index (χ2n) is 5.58. The quantitative estimate of drug-likeness (QED) is 0.836. The second kappa shape index (κ2) is 5.27. The van der Waals surface area contributed by atoms with E-state index in [0.29, 0.717) is 12.6 Å². The molecule has 0 radical (unpaired) electrons. The van der Waals surface area contributed by atoms with E-state index in [1.165, 1.54) is 12.8 Å². The van der Waals surface area contributed by atoms with Crippen molar-refractivity contribution >= 4 is 5.91 Å². The van der Waals surface area contributed by atoms with Gasteiger partial charge >= 0.3 is 0 Å². The van der Waals surface area contributed by atoms with Crippen LogP contribution in [0.5, 0.6) is 0 Å². The Bertz CT molecular complexity index is 446. The molecule has 102 valence electrons. The molecule has 2 heterocycles. The predicted octanol–water partition coefficient (Wildman–Crippen LogP) is 0.685. The minimum Gasteiger partial charge on any atom is -0.340 e. The lowest BCUT2D eigenvalue weighted by molar-refractivity contribution is -0.132. The first-order chi connectivity index (χ1) is 9.24. The maximum atomic E-state index is 12.3. The van der Waals surface area contributed by atoms with Crippen molar-refractivity contribution in [1.82, 2.24) is 20.7 Å². The average molecular weight is 260 g/mol. The molecule has 1 saturated carbocycles. The molecule has 2 atom stereocenters. The Kier molecular flexibility index (Phi) is 3.48. The summed E-state index contributed by atoms with van der Waals surface area (Å²) in [6, 6.07) is 4.27. The number of nitrogens with one attached hydrogen (secondary N) is 2. The molecule has 2 fully saturated rings. The third-order valence-electron chi connectivity index (χ3n) is 3.94. The van der Waals surface area contributed by atoms with Crippen molar-refractivity contribution in [3.8, 4) is 0 Å². The first-order valence-electron chi connectivity index (χ1n) is 6.89. The molecule has 5 heteroatoms. The summed E-state index contributed by atoms with van der Waals surface area (Å²) in [6.45, 7) is 0.610. The summed E-state index contributed by atoms with van der Waals surface area (Å²) in [4.78, 5) is 18.2. The van der Waals surface area contributed by atoms with E-state index >= 15 is 0 Å². The molecule has 1 aromatic rings. The van der Waals surface area contributed by atoms with Gasteiger partial charge in [0.2, 0.25) is 5.91 Å². The van der Waals surface area contributed by atoms with Crippen LogP contribution in [0.25, 0.3) is 0 Å². The number of pyridine rings is 1. The van der Waals surface area contributed by atoms with E-state index in [1.807, 2.05) is 19.2 Å². The number of carbonyl (C=O) groups is 1. The molecule has 2 aliphatic rings. The lowest BCUT2D eigenvalue weighted by Gasteiger charge is -2.20. The molecule has 1 amide bonds. The first-order valence-corrected chi connectivity index (χ1v) is 6.89. The average Bonchev–Trinajstić information content (AvgIpc) is 3.17. The van der Waals surface area contributed by atoms with Gasteiger partial charge in [0.05, 0.1) is 0 Å². The Labute approximate surface area is 113 Å². The summed E-state index contributed by atoms with van der Waals surface area (Å²) in [5.74, 6) is 0.924. The van der Waals surface area contributed by atoms with Crippen LogP contribution in [0, 0.1) is 5.92 Å². The van der Waals surface area contributed by atoms with Crippen molar-refractivity contribution in [1.29, 1.82) is 0 Å². The Morgan fingerprint density at radius 2 is 2.32 bits per heavy atom. The molecule has 1 saturated heterocycles. The highest BCUT2D eigenvalue weighted by atomic mass is 16.2. The Hall–Kier alpha value is -1.46. The van der Waals surface area contributed by atoms with Crippen LogP contribution < -0.4 is 10.9 Å². The number of likely N-dealkylation sites (N-methyl/N-ethyl adjacent to an activating group) is 1. The molecular weight excluding hydrogens is 240 g/mol. The summed E-state index contributed by atoms with van der Waals surface area (Å²) in [5, 5.41) is 0. The monoisotopic (exact) mass is 260 g/mol. The molecule has 0 bridgehead atoms. The predicted molar refractivity (Wildman–Crippen MR) is 71.9 cm³/mol. The SMILES string of the molecule is CN(Cc1cccnc1)C(=O)C1CC(C2CC2)NN1. The second-order valence-corrected chi connectivity index (χ2v) is 5.58. The number of carbonyl (C=O) groups excluding carboxylic acids is 1. The molecule has 2 N–H and O–H groups in total. The van der Waals surface area contributed by atoms with Gasteiger partial charge in [-0.05, 0) is 36.8 Å². The van der Waals surface area contributed by atoms with Crippen LogP contribution in [0.1, 0.15) is 24.8 Å². The van der Waals surface area contributed by atoms with E-state index in [4.69, 9.17) is 0 Å². The summed E-state index contributed by atoms with van der Waals surface area (Å²) < 4.78 is 0. The molecule has 19 heavy (non-hydrogen) atoms. The van der Waals surface area contributed by atoms with Gasteiger partial charge in [-0.1, -0.05) is 6.07 Å². The zero-order valence-corrected chi connectivity index (χ0v) is 11.2. The molecule has 5 nitrogen and oxygen atoms in total. The van der Waals surface area contributed by atoms with Crippen LogP contribution in [-0.4, -0.2) is 34.9 Å². The van der Waals surface area contributed by atoms with Crippen LogP contribution in [0.15, 0.2) is 24.5 Å². The minimum atomic E-state index is -0.0905. The molecule has 0 spiro atoms.